The Morgan fingerprint density at radius 1 is 1.00 bits per heavy atom. The molecule has 2 amide bonds. The normalized spacial score (nSPS) is 16.7. The van der Waals surface area contributed by atoms with Gasteiger partial charge in [-0.25, -0.2) is 4.79 Å². The van der Waals surface area contributed by atoms with E-state index in [9.17, 15) is 9.59 Å². The first-order valence-electron chi connectivity index (χ1n) is 14.8. The Morgan fingerprint density at radius 3 is 2.15 bits per heavy atom. The minimum absolute atomic E-state index is 0.0828. The van der Waals surface area contributed by atoms with E-state index < -0.39 is 13.7 Å². The van der Waals surface area contributed by atoms with E-state index in [0.29, 0.717) is 13.2 Å². The van der Waals surface area contributed by atoms with Crippen molar-refractivity contribution < 1.29 is 19.1 Å². The molecule has 8 heteroatoms. The molecule has 1 atom stereocenters. The van der Waals surface area contributed by atoms with Gasteiger partial charge in [0.1, 0.15) is 0 Å². The maximum absolute atomic E-state index is 13.5. The number of allylic oxidation sites excluding steroid dienone is 1. The Kier molecular flexibility index (Phi) is 12.2. The van der Waals surface area contributed by atoms with E-state index in [0.717, 1.165) is 49.3 Å². The van der Waals surface area contributed by atoms with Crippen LogP contribution in [0.5, 0.6) is 0 Å². The van der Waals surface area contributed by atoms with E-state index in [2.05, 4.69) is 38.8 Å². The molecule has 2 aromatic rings. The fraction of sp³-hybridized carbons (Fsp3) is 0.485. The molecule has 0 unspecified atom stereocenters. The van der Waals surface area contributed by atoms with Crippen molar-refractivity contribution in [3.05, 3.63) is 83.9 Å². The van der Waals surface area contributed by atoms with Gasteiger partial charge in [0.25, 0.3) is 11.1 Å². The third-order valence-electron chi connectivity index (χ3n) is 7.33. The highest BCUT2D eigenvalue weighted by Gasteiger charge is 2.57. The lowest BCUT2D eigenvalue weighted by molar-refractivity contribution is -0.124. The molecule has 0 spiro atoms. The molecule has 3 rings (SSSR count). The van der Waals surface area contributed by atoms with Crippen molar-refractivity contribution in [3.8, 4) is 0 Å². The summed E-state index contributed by atoms with van der Waals surface area (Å²) in [6, 6.07) is 20.8. The van der Waals surface area contributed by atoms with Crippen molar-refractivity contribution in [1.29, 1.82) is 0 Å². The van der Waals surface area contributed by atoms with Crippen molar-refractivity contribution in [1.82, 2.24) is 10.2 Å². The number of unbranched alkanes of at least 4 members (excludes halogenated alkanes) is 4. The second-order valence-electron chi connectivity index (χ2n) is 12.2. The van der Waals surface area contributed by atoms with Gasteiger partial charge in [-0.2, -0.15) is 0 Å². The fourth-order valence-corrected chi connectivity index (χ4v) is 6.28. The van der Waals surface area contributed by atoms with Gasteiger partial charge in [-0.15, -0.1) is 0 Å². The summed E-state index contributed by atoms with van der Waals surface area (Å²) in [5.74, 6) is -0.0706. The molecule has 1 aliphatic heterocycles. The Bertz CT molecular complexity index is 1130. The number of hydrogen-bond acceptors (Lipinski definition) is 5. The van der Waals surface area contributed by atoms with Gasteiger partial charge in [-0.1, -0.05) is 113 Å². The number of carbonyl (C=O) groups excluding carboxylic acids is 2. The fourth-order valence-electron chi connectivity index (χ4n) is 5.23. The summed E-state index contributed by atoms with van der Waals surface area (Å²) >= 11 is 5.69. The molecule has 222 valence electrons. The number of alkyl carbamates (subject to hydrolysis) is 1. The molecule has 2 aromatic carbocycles. The summed E-state index contributed by atoms with van der Waals surface area (Å²) < 4.78 is 11.8. The van der Waals surface area contributed by atoms with E-state index in [-0.39, 0.29) is 29.1 Å². The molecule has 1 saturated heterocycles. The molecule has 6 nitrogen and oxygen atoms in total. The van der Waals surface area contributed by atoms with E-state index in [4.69, 9.17) is 21.7 Å². The number of nitrogens with one attached hydrogen (secondary N) is 1. The molecule has 1 aliphatic rings. The Morgan fingerprint density at radius 2 is 1.59 bits per heavy atom. The average molecular weight is 595 g/mol. The van der Waals surface area contributed by atoms with Crippen LogP contribution in [0.3, 0.4) is 0 Å². The van der Waals surface area contributed by atoms with Gasteiger partial charge < -0.3 is 14.8 Å². The van der Waals surface area contributed by atoms with E-state index in [1.54, 1.807) is 11.0 Å². The summed E-state index contributed by atoms with van der Waals surface area (Å²) in [6.45, 7) is 12.1. The van der Waals surface area contributed by atoms with Gasteiger partial charge in [0.2, 0.25) is 0 Å². The van der Waals surface area contributed by atoms with Crippen molar-refractivity contribution in [2.75, 3.05) is 13.2 Å². The number of rotatable bonds is 14. The maximum Gasteiger partial charge on any atom is 0.407 e. The maximum atomic E-state index is 13.5. The average Bonchev–Trinajstić information content (AvgIpc) is 3.26. The Balaban J connectivity index is 1.52. The topological polar surface area (TPSA) is 67.9 Å². The zero-order chi connectivity index (χ0) is 29.9. The first-order valence-corrected chi connectivity index (χ1v) is 18.9. The van der Waals surface area contributed by atoms with E-state index in [1.807, 2.05) is 66.7 Å². The first kappa shape index (κ1) is 32.5. The predicted molar refractivity (Wildman–Crippen MR) is 173 cm³/mol. The molecule has 0 aromatic heterocycles. The van der Waals surface area contributed by atoms with Gasteiger partial charge in [0.15, 0.2) is 5.60 Å². The molecule has 0 saturated carbocycles. The molecule has 0 bridgehead atoms. The molecule has 1 fully saturated rings. The van der Waals surface area contributed by atoms with Crippen molar-refractivity contribution >= 4 is 37.5 Å². The number of amides is 2. The number of benzene rings is 2. The van der Waals surface area contributed by atoms with Crippen LogP contribution < -0.4 is 5.32 Å². The van der Waals surface area contributed by atoms with E-state index >= 15 is 0 Å². The second-order valence-corrected chi connectivity index (χ2v) is 18.2. The lowest BCUT2D eigenvalue weighted by atomic mass is 9.75. The van der Waals surface area contributed by atoms with Crippen LogP contribution in [-0.4, -0.2) is 49.3 Å². The first-order chi connectivity index (χ1) is 19.6. The monoisotopic (exact) mass is 594 g/mol. The SMILES string of the molecule is CC(C)[C@@H]1N(C(=O)/C=C/CCCCCCNC(=O)OCC[Si](C)(C)C)C(=S)OC1(c1ccccc1)c1ccccc1. The molecule has 0 radical (unpaired) electrons. The minimum atomic E-state index is -1.19. The largest absolute Gasteiger partial charge is 0.452 e. The lowest BCUT2D eigenvalue weighted by Crippen LogP contribution is -2.49. The zero-order valence-electron chi connectivity index (χ0n) is 25.2. The van der Waals surface area contributed by atoms with Crippen LogP contribution in [-0.2, 0) is 19.9 Å². The number of hydrogen-bond donors (Lipinski definition) is 1. The van der Waals surface area contributed by atoms with Gasteiger partial charge in [0, 0.05) is 25.7 Å². The number of thiocarbonyl (C=S) groups is 1. The molecular weight excluding hydrogens is 549 g/mol. The van der Waals surface area contributed by atoms with Crippen molar-refractivity contribution in [2.45, 2.75) is 83.3 Å². The van der Waals surface area contributed by atoms with Gasteiger partial charge in [-0.3, -0.25) is 9.69 Å². The van der Waals surface area contributed by atoms with Crippen LogP contribution in [0.2, 0.25) is 25.7 Å². The van der Waals surface area contributed by atoms with Crippen LogP contribution in [0.25, 0.3) is 0 Å². The molecular formula is C33H46N2O4SSi. The summed E-state index contributed by atoms with van der Waals surface area (Å²) in [4.78, 5) is 27.0. The summed E-state index contributed by atoms with van der Waals surface area (Å²) in [7, 11) is -1.19. The van der Waals surface area contributed by atoms with Crippen LogP contribution in [0.4, 0.5) is 4.79 Å². The van der Waals surface area contributed by atoms with Gasteiger partial charge >= 0.3 is 6.09 Å². The third-order valence-corrected chi connectivity index (χ3v) is 9.31. The summed E-state index contributed by atoms with van der Waals surface area (Å²) in [5.41, 5.74) is 1.06. The highest BCUT2D eigenvalue weighted by Crippen LogP contribution is 2.47. The van der Waals surface area contributed by atoms with Crippen LogP contribution in [0, 0.1) is 5.92 Å². The number of nitrogens with zero attached hydrogens (tertiary/aromatic N) is 1. The summed E-state index contributed by atoms with van der Waals surface area (Å²) in [5, 5.41) is 3.04. The third kappa shape index (κ3) is 9.00. The van der Waals surface area contributed by atoms with E-state index in [1.165, 1.54) is 0 Å². The smallest absolute Gasteiger partial charge is 0.407 e. The predicted octanol–water partition coefficient (Wildman–Crippen LogP) is 7.67. The van der Waals surface area contributed by atoms with Crippen molar-refractivity contribution in [2.24, 2.45) is 5.92 Å². The molecule has 0 aliphatic carbocycles. The molecule has 1 heterocycles. The second kappa shape index (κ2) is 15.3. The Hall–Kier alpha value is -2.97. The highest BCUT2D eigenvalue weighted by molar-refractivity contribution is 7.80. The van der Waals surface area contributed by atoms with Gasteiger partial charge in [-0.05, 0) is 49.5 Å². The van der Waals surface area contributed by atoms with Crippen LogP contribution in [0.15, 0.2) is 72.8 Å². The van der Waals surface area contributed by atoms with Gasteiger partial charge in [0.05, 0.1) is 12.6 Å². The van der Waals surface area contributed by atoms with Crippen LogP contribution in [0.1, 0.15) is 57.1 Å². The van der Waals surface area contributed by atoms with Crippen LogP contribution >= 0.6 is 12.2 Å². The highest BCUT2D eigenvalue weighted by atomic mass is 32.1. The Labute approximate surface area is 252 Å². The molecule has 1 N–H and O–H groups in total. The quantitative estimate of drug-likeness (QED) is 0.105. The molecule has 41 heavy (non-hydrogen) atoms. The number of ether oxygens (including phenoxy) is 2. The lowest BCUT2D eigenvalue weighted by Gasteiger charge is -2.37. The minimum Gasteiger partial charge on any atom is -0.452 e. The standard InChI is InChI=1S/C33H46N2O4SSi/c1-26(2)30-33(27-18-12-10-13-19-27,28-20-14-11-15-21-28)39-32(40)35(30)29(36)22-16-8-6-7-9-17-23-34-31(37)38-24-25-41(3,4)5/h10-16,18-22,26,30H,6-9,17,23-25H2,1-5H3,(H,34,37)/b22-16+/t30-/m0/s1. The zero-order valence-corrected chi connectivity index (χ0v) is 27.0. The number of carbonyl (C=O) groups is 2. The van der Waals surface area contributed by atoms with Crippen molar-refractivity contribution in [3.63, 3.8) is 0 Å². The summed E-state index contributed by atoms with van der Waals surface area (Å²) in [6.07, 6.45) is 7.95.